The predicted molar refractivity (Wildman–Crippen MR) is 31.8 cm³/mol. The molecule has 0 saturated carbocycles. The van der Waals surface area contributed by atoms with Crippen molar-refractivity contribution in [3.63, 3.8) is 0 Å². The van der Waals surface area contributed by atoms with E-state index in [9.17, 15) is 14.4 Å². The number of hydrogen-bond acceptors (Lipinski definition) is 4. The number of hydrogen-bond donors (Lipinski definition) is 1. The fraction of sp³-hybridized carbons (Fsp3) is 0.500. The number of cyclic esters (lactones) is 1. The Morgan fingerprint density at radius 3 is 2.64 bits per heavy atom. The summed E-state index contributed by atoms with van der Waals surface area (Å²) in [5.41, 5.74) is 0. The van der Waals surface area contributed by atoms with E-state index in [0.29, 0.717) is 0 Å². The van der Waals surface area contributed by atoms with Gasteiger partial charge in [-0.1, -0.05) is 0 Å². The fourth-order valence-corrected chi connectivity index (χ4v) is 0.836. The van der Waals surface area contributed by atoms with E-state index in [-0.39, 0.29) is 6.42 Å². The molecule has 1 saturated heterocycles. The van der Waals surface area contributed by atoms with Crippen molar-refractivity contribution in [3.8, 4) is 0 Å². The number of carboxylic acids is 1. The number of Topliss-reactive ketones (excluding diaryl/α,β-unsaturated/α-hetero) is 1. The maximum Gasteiger partial charge on any atom is 0.314 e. The number of carbonyl (C=O) groups is 3. The SMILES string of the molecule is O=C(O)CC1OC(=O)CC1=O. The van der Waals surface area contributed by atoms with Crippen molar-refractivity contribution in [1.29, 1.82) is 0 Å². The van der Waals surface area contributed by atoms with Gasteiger partial charge in [-0.3, -0.25) is 14.4 Å². The summed E-state index contributed by atoms with van der Waals surface area (Å²) in [6.07, 6.45) is -1.78. The van der Waals surface area contributed by atoms with Gasteiger partial charge in [-0.15, -0.1) is 0 Å². The highest BCUT2D eigenvalue weighted by Crippen LogP contribution is 2.12. The first-order valence-electron chi connectivity index (χ1n) is 3.03. The van der Waals surface area contributed by atoms with Gasteiger partial charge in [0.2, 0.25) is 0 Å². The van der Waals surface area contributed by atoms with Gasteiger partial charge in [-0.2, -0.15) is 0 Å². The standard InChI is InChI=1S/C6H6O5/c7-3-1-6(10)11-4(3)2-5(8)9/h4H,1-2H2,(H,8,9). The number of esters is 1. The van der Waals surface area contributed by atoms with Crippen LogP contribution in [0.2, 0.25) is 0 Å². The quantitative estimate of drug-likeness (QED) is 0.426. The summed E-state index contributed by atoms with van der Waals surface area (Å²) in [4.78, 5) is 31.2. The molecule has 0 aromatic carbocycles. The van der Waals surface area contributed by atoms with E-state index in [1.807, 2.05) is 0 Å². The molecular formula is C6H6O5. The van der Waals surface area contributed by atoms with Crippen LogP contribution in [0.5, 0.6) is 0 Å². The predicted octanol–water partition coefficient (Wildman–Crippen LogP) is -0.654. The number of aliphatic carboxylic acids is 1. The van der Waals surface area contributed by atoms with Gasteiger partial charge in [0.1, 0.15) is 6.42 Å². The summed E-state index contributed by atoms with van der Waals surface area (Å²) in [6, 6.07) is 0. The molecule has 1 N–H and O–H groups in total. The second-order valence-corrected chi connectivity index (χ2v) is 2.22. The van der Waals surface area contributed by atoms with Gasteiger partial charge in [0.05, 0.1) is 6.42 Å². The molecule has 1 atom stereocenters. The van der Waals surface area contributed by atoms with E-state index in [1.165, 1.54) is 0 Å². The van der Waals surface area contributed by atoms with Crippen molar-refractivity contribution in [1.82, 2.24) is 0 Å². The first-order chi connectivity index (χ1) is 5.09. The third-order valence-corrected chi connectivity index (χ3v) is 1.31. The van der Waals surface area contributed by atoms with Gasteiger partial charge in [-0.05, 0) is 0 Å². The molecule has 1 aliphatic heterocycles. The number of carbonyl (C=O) groups excluding carboxylic acids is 2. The van der Waals surface area contributed by atoms with Crippen molar-refractivity contribution in [3.05, 3.63) is 0 Å². The smallest absolute Gasteiger partial charge is 0.314 e. The first-order valence-corrected chi connectivity index (χ1v) is 3.03. The lowest BCUT2D eigenvalue weighted by Crippen LogP contribution is -2.19. The summed E-state index contributed by atoms with van der Waals surface area (Å²) in [6.45, 7) is 0. The van der Waals surface area contributed by atoms with Gasteiger partial charge in [0.25, 0.3) is 0 Å². The van der Waals surface area contributed by atoms with Crippen LogP contribution >= 0.6 is 0 Å². The minimum absolute atomic E-state index is 0.294. The molecule has 0 aliphatic carbocycles. The Morgan fingerprint density at radius 1 is 1.64 bits per heavy atom. The summed E-state index contributed by atoms with van der Waals surface area (Å²) in [5.74, 6) is -2.23. The molecule has 0 amide bonds. The maximum atomic E-state index is 10.7. The Bertz CT molecular complexity index is 219. The number of ketones is 1. The second kappa shape index (κ2) is 2.69. The van der Waals surface area contributed by atoms with Crippen LogP contribution in [0.25, 0.3) is 0 Å². The largest absolute Gasteiger partial charge is 0.481 e. The molecule has 1 unspecified atom stereocenters. The Balaban J connectivity index is 2.53. The summed E-state index contributed by atoms with van der Waals surface area (Å²) in [7, 11) is 0. The fourth-order valence-electron chi connectivity index (χ4n) is 0.836. The van der Waals surface area contributed by atoms with Crippen molar-refractivity contribution in [2.45, 2.75) is 18.9 Å². The highest BCUT2D eigenvalue weighted by Gasteiger charge is 2.33. The van der Waals surface area contributed by atoms with E-state index in [0.717, 1.165) is 0 Å². The molecule has 0 aromatic rings. The van der Waals surface area contributed by atoms with Crippen molar-refractivity contribution < 1.29 is 24.2 Å². The van der Waals surface area contributed by atoms with Crippen LogP contribution < -0.4 is 0 Å². The zero-order valence-corrected chi connectivity index (χ0v) is 5.57. The van der Waals surface area contributed by atoms with Crippen LogP contribution in [0.1, 0.15) is 12.8 Å². The van der Waals surface area contributed by atoms with E-state index < -0.39 is 30.2 Å². The highest BCUT2D eigenvalue weighted by atomic mass is 16.6. The molecule has 0 spiro atoms. The minimum Gasteiger partial charge on any atom is -0.481 e. The maximum absolute atomic E-state index is 10.7. The van der Waals surface area contributed by atoms with E-state index in [1.54, 1.807) is 0 Å². The zero-order valence-electron chi connectivity index (χ0n) is 5.57. The molecule has 0 bridgehead atoms. The van der Waals surface area contributed by atoms with E-state index in [4.69, 9.17) is 5.11 Å². The zero-order chi connectivity index (χ0) is 8.43. The lowest BCUT2D eigenvalue weighted by Gasteiger charge is -2.01. The third kappa shape index (κ3) is 1.76. The first kappa shape index (κ1) is 7.71. The van der Waals surface area contributed by atoms with Gasteiger partial charge in [0.15, 0.2) is 11.9 Å². The monoisotopic (exact) mass is 158 g/mol. The molecule has 5 nitrogen and oxygen atoms in total. The molecule has 1 heterocycles. The number of carboxylic acid groups (broad SMARTS) is 1. The molecule has 11 heavy (non-hydrogen) atoms. The summed E-state index contributed by atoms with van der Waals surface area (Å²) in [5, 5.41) is 8.23. The number of rotatable bonds is 2. The lowest BCUT2D eigenvalue weighted by molar-refractivity contribution is -0.147. The molecular weight excluding hydrogens is 152 g/mol. The molecule has 5 heteroatoms. The summed E-state index contributed by atoms with van der Waals surface area (Å²) >= 11 is 0. The van der Waals surface area contributed by atoms with Crippen LogP contribution in [-0.2, 0) is 19.1 Å². The number of ether oxygens (including phenoxy) is 1. The topological polar surface area (TPSA) is 80.7 Å². The third-order valence-electron chi connectivity index (χ3n) is 1.31. The normalized spacial score (nSPS) is 23.5. The van der Waals surface area contributed by atoms with Crippen molar-refractivity contribution in [2.75, 3.05) is 0 Å². The van der Waals surface area contributed by atoms with Crippen LogP contribution in [0.4, 0.5) is 0 Å². The van der Waals surface area contributed by atoms with Crippen LogP contribution in [0.3, 0.4) is 0 Å². The van der Waals surface area contributed by atoms with Crippen molar-refractivity contribution >= 4 is 17.7 Å². The van der Waals surface area contributed by atoms with Gasteiger partial charge in [0, 0.05) is 0 Å². The van der Waals surface area contributed by atoms with E-state index >= 15 is 0 Å². The average Bonchev–Trinajstić information content (AvgIpc) is 2.09. The van der Waals surface area contributed by atoms with Crippen LogP contribution in [-0.4, -0.2) is 28.9 Å². The van der Waals surface area contributed by atoms with E-state index in [2.05, 4.69) is 4.74 Å². The average molecular weight is 158 g/mol. The lowest BCUT2D eigenvalue weighted by atomic mass is 10.1. The van der Waals surface area contributed by atoms with Gasteiger partial charge >= 0.3 is 11.9 Å². The van der Waals surface area contributed by atoms with Gasteiger partial charge in [-0.25, -0.2) is 0 Å². The van der Waals surface area contributed by atoms with Gasteiger partial charge < -0.3 is 9.84 Å². The molecule has 0 radical (unpaired) electrons. The Kier molecular flexibility index (Phi) is 1.89. The Morgan fingerprint density at radius 2 is 2.27 bits per heavy atom. The Hall–Kier alpha value is -1.39. The van der Waals surface area contributed by atoms with Crippen LogP contribution in [0.15, 0.2) is 0 Å². The van der Waals surface area contributed by atoms with Crippen molar-refractivity contribution in [2.24, 2.45) is 0 Å². The molecule has 1 rings (SSSR count). The minimum atomic E-state index is -1.14. The second-order valence-electron chi connectivity index (χ2n) is 2.22. The highest BCUT2D eigenvalue weighted by molar-refractivity contribution is 6.04. The molecule has 1 aliphatic rings. The molecule has 0 aromatic heterocycles. The van der Waals surface area contributed by atoms with Crippen LogP contribution in [0, 0.1) is 0 Å². The molecule has 60 valence electrons. The Labute approximate surface area is 62.0 Å². The summed E-state index contributed by atoms with van der Waals surface area (Å²) < 4.78 is 4.42. The molecule has 1 fully saturated rings.